The van der Waals surface area contributed by atoms with Crippen molar-refractivity contribution in [1.29, 1.82) is 0 Å². The fourth-order valence-electron chi connectivity index (χ4n) is 4.00. The highest BCUT2D eigenvalue weighted by atomic mass is 16.5. The standard InChI is InChI=1S/C21H27N5O2/c1-25-11-5-8-18(25)19(27)26-12-9-21(15-26)20(22-10-13-28-2)24-17-7-4-3-6-16(17)14-23-21/h3-8,11,23H,9-10,12-15H2,1-2H3,(H,22,24)/t21-/m1/s1. The van der Waals surface area contributed by atoms with Crippen molar-refractivity contribution in [3.05, 3.63) is 53.9 Å². The molecular formula is C21H27N5O2. The topological polar surface area (TPSA) is 70.9 Å². The first-order valence-electron chi connectivity index (χ1n) is 9.67. The number of rotatable bonds is 4. The summed E-state index contributed by atoms with van der Waals surface area (Å²) in [6, 6.07) is 12.0. The molecule has 2 aromatic rings. The number of ether oxygens (including phenoxy) is 1. The van der Waals surface area contributed by atoms with E-state index in [4.69, 9.17) is 9.73 Å². The van der Waals surface area contributed by atoms with Gasteiger partial charge in [-0.15, -0.1) is 0 Å². The van der Waals surface area contributed by atoms with Crippen LogP contribution in [0.4, 0.5) is 5.69 Å². The van der Waals surface area contributed by atoms with Crippen molar-refractivity contribution in [3.8, 4) is 0 Å². The van der Waals surface area contributed by atoms with Gasteiger partial charge in [-0.3, -0.25) is 15.1 Å². The maximum absolute atomic E-state index is 13.0. The summed E-state index contributed by atoms with van der Waals surface area (Å²) >= 11 is 0. The van der Waals surface area contributed by atoms with Gasteiger partial charge in [0.25, 0.3) is 5.91 Å². The van der Waals surface area contributed by atoms with Gasteiger partial charge >= 0.3 is 0 Å². The molecule has 1 aromatic heterocycles. The Morgan fingerprint density at radius 2 is 2.14 bits per heavy atom. The van der Waals surface area contributed by atoms with Crippen LogP contribution < -0.4 is 10.6 Å². The van der Waals surface area contributed by atoms with Gasteiger partial charge in [0.2, 0.25) is 0 Å². The van der Waals surface area contributed by atoms with Crippen molar-refractivity contribution in [2.24, 2.45) is 12.0 Å². The van der Waals surface area contributed by atoms with Crippen LogP contribution in [-0.2, 0) is 18.3 Å². The minimum absolute atomic E-state index is 0.0594. The van der Waals surface area contributed by atoms with Crippen LogP contribution in [0.5, 0.6) is 0 Å². The average Bonchev–Trinajstić information content (AvgIpc) is 3.29. The molecule has 0 aliphatic carbocycles. The lowest BCUT2D eigenvalue weighted by Crippen LogP contribution is -2.55. The molecule has 0 bridgehead atoms. The Balaban J connectivity index is 1.61. The number of aromatic nitrogens is 1. The molecule has 1 aromatic carbocycles. The van der Waals surface area contributed by atoms with E-state index >= 15 is 0 Å². The van der Waals surface area contributed by atoms with Gasteiger partial charge < -0.3 is 19.5 Å². The highest BCUT2D eigenvalue weighted by Crippen LogP contribution is 2.30. The number of benzene rings is 1. The Hall–Kier alpha value is -2.64. The molecule has 7 heteroatoms. The van der Waals surface area contributed by atoms with E-state index in [1.165, 1.54) is 5.56 Å². The lowest BCUT2D eigenvalue weighted by molar-refractivity contribution is 0.0776. The third kappa shape index (κ3) is 3.43. The molecule has 28 heavy (non-hydrogen) atoms. The Labute approximate surface area is 165 Å². The zero-order valence-electron chi connectivity index (χ0n) is 16.4. The molecule has 1 fully saturated rings. The van der Waals surface area contributed by atoms with Crippen LogP contribution in [0, 0.1) is 0 Å². The predicted octanol–water partition coefficient (Wildman–Crippen LogP) is 1.87. The molecular weight excluding hydrogens is 354 g/mol. The minimum Gasteiger partial charge on any atom is -0.383 e. The molecule has 1 spiro atoms. The molecule has 4 rings (SSSR count). The summed E-state index contributed by atoms with van der Waals surface area (Å²) in [4.78, 5) is 19.8. The van der Waals surface area contributed by atoms with Crippen LogP contribution in [0.15, 0.2) is 47.6 Å². The maximum Gasteiger partial charge on any atom is 0.270 e. The van der Waals surface area contributed by atoms with E-state index in [2.05, 4.69) is 22.8 Å². The number of nitrogens with zero attached hydrogens (tertiary/aromatic N) is 3. The molecule has 0 radical (unpaired) electrons. The van der Waals surface area contributed by atoms with Gasteiger partial charge in [-0.05, 0) is 30.2 Å². The third-order valence-electron chi connectivity index (χ3n) is 5.63. The van der Waals surface area contributed by atoms with E-state index in [0.717, 1.165) is 24.5 Å². The second-order valence-electron chi connectivity index (χ2n) is 7.42. The van der Waals surface area contributed by atoms with Gasteiger partial charge in [0.1, 0.15) is 11.5 Å². The van der Waals surface area contributed by atoms with E-state index in [1.54, 1.807) is 7.11 Å². The normalized spacial score (nSPS) is 22.9. The number of hydrogen-bond donors (Lipinski definition) is 2. The van der Waals surface area contributed by atoms with Gasteiger partial charge in [-0.1, -0.05) is 18.2 Å². The summed E-state index contributed by atoms with van der Waals surface area (Å²) < 4.78 is 7.05. The molecule has 0 saturated carbocycles. The van der Waals surface area contributed by atoms with Crippen LogP contribution in [0.1, 0.15) is 22.5 Å². The molecule has 1 saturated heterocycles. The zero-order chi connectivity index (χ0) is 19.6. The third-order valence-corrected chi connectivity index (χ3v) is 5.63. The van der Waals surface area contributed by atoms with Gasteiger partial charge in [0.05, 0.1) is 18.7 Å². The Bertz CT molecular complexity index is 890. The number of carbonyl (C=O) groups excluding carboxylic acids is 1. The Kier molecular flexibility index (Phi) is 5.19. The minimum atomic E-state index is -0.381. The number of methoxy groups -OCH3 is 1. The van der Waals surface area contributed by atoms with Crippen molar-refractivity contribution >= 4 is 17.4 Å². The average molecular weight is 381 g/mol. The number of carbonyl (C=O) groups is 1. The first-order valence-corrected chi connectivity index (χ1v) is 9.67. The number of anilines is 1. The van der Waals surface area contributed by atoms with Crippen molar-refractivity contribution in [3.63, 3.8) is 0 Å². The summed E-state index contributed by atoms with van der Waals surface area (Å²) in [6.07, 6.45) is 2.72. The number of aliphatic imine (C=N–C) groups is 1. The van der Waals surface area contributed by atoms with E-state index < -0.39 is 0 Å². The van der Waals surface area contributed by atoms with Crippen molar-refractivity contribution in [2.45, 2.75) is 18.5 Å². The van der Waals surface area contributed by atoms with E-state index in [0.29, 0.717) is 31.9 Å². The first-order chi connectivity index (χ1) is 13.6. The fraction of sp³-hybridized carbons (Fsp3) is 0.429. The highest BCUT2D eigenvalue weighted by molar-refractivity contribution is 6.05. The van der Waals surface area contributed by atoms with E-state index in [9.17, 15) is 4.79 Å². The maximum atomic E-state index is 13.0. The Morgan fingerprint density at radius 3 is 2.93 bits per heavy atom. The molecule has 7 nitrogen and oxygen atoms in total. The van der Waals surface area contributed by atoms with Crippen molar-refractivity contribution in [2.75, 3.05) is 38.7 Å². The van der Waals surface area contributed by atoms with Gasteiger partial charge in [0, 0.05) is 45.7 Å². The largest absolute Gasteiger partial charge is 0.383 e. The van der Waals surface area contributed by atoms with Crippen LogP contribution in [0.3, 0.4) is 0 Å². The van der Waals surface area contributed by atoms with E-state index in [-0.39, 0.29) is 11.4 Å². The smallest absolute Gasteiger partial charge is 0.270 e. The second kappa shape index (κ2) is 7.77. The van der Waals surface area contributed by atoms with Crippen molar-refractivity contribution in [1.82, 2.24) is 14.8 Å². The number of likely N-dealkylation sites (tertiary alicyclic amines) is 1. The second-order valence-corrected chi connectivity index (χ2v) is 7.42. The lowest BCUT2D eigenvalue weighted by atomic mass is 9.96. The quantitative estimate of drug-likeness (QED) is 0.794. The summed E-state index contributed by atoms with van der Waals surface area (Å²) in [5.41, 5.74) is 2.59. The van der Waals surface area contributed by atoms with Crippen LogP contribution in [0.25, 0.3) is 0 Å². The SMILES string of the molecule is COCCN=C1Nc2ccccc2CN[C@@]12CCN(C(=O)c1cccn1C)C2. The summed E-state index contributed by atoms with van der Waals surface area (Å²) in [5, 5.41) is 7.25. The molecule has 1 atom stereocenters. The molecule has 2 aliphatic heterocycles. The molecule has 148 valence electrons. The van der Waals surface area contributed by atoms with Crippen LogP contribution in [-0.4, -0.2) is 60.1 Å². The number of nitrogens with one attached hydrogen (secondary N) is 2. The molecule has 3 heterocycles. The monoisotopic (exact) mass is 381 g/mol. The van der Waals surface area contributed by atoms with E-state index in [1.807, 2.05) is 47.0 Å². The number of fused-ring (bicyclic) bond motifs is 1. The summed E-state index contributed by atoms with van der Waals surface area (Å²) in [6.45, 7) is 3.16. The molecule has 0 unspecified atom stereocenters. The summed E-state index contributed by atoms with van der Waals surface area (Å²) in [5.74, 6) is 0.945. The molecule has 1 amide bonds. The van der Waals surface area contributed by atoms with Gasteiger partial charge in [-0.2, -0.15) is 0 Å². The van der Waals surface area contributed by atoms with Gasteiger partial charge in [-0.25, -0.2) is 0 Å². The van der Waals surface area contributed by atoms with Crippen LogP contribution in [0.2, 0.25) is 0 Å². The number of aryl methyl sites for hydroxylation is 1. The number of para-hydroxylation sites is 1. The van der Waals surface area contributed by atoms with Crippen LogP contribution >= 0.6 is 0 Å². The first kappa shape index (κ1) is 18.7. The van der Waals surface area contributed by atoms with Crippen molar-refractivity contribution < 1.29 is 9.53 Å². The fourth-order valence-corrected chi connectivity index (χ4v) is 4.00. The zero-order valence-corrected chi connectivity index (χ0v) is 16.4. The number of hydrogen-bond acceptors (Lipinski definition) is 4. The number of amides is 1. The summed E-state index contributed by atoms with van der Waals surface area (Å²) in [7, 11) is 3.58. The number of amidine groups is 1. The van der Waals surface area contributed by atoms with Gasteiger partial charge in [0.15, 0.2) is 0 Å². The predicted molar refractivity (Wildman–Crippen MR) is 110 cm³/mol. The molecule has 2 aliphatic rings. The highest BCUT2D eigenvalue weighted by Gasteiger charge is 2.45. The molecule has 2 N–H and O–H groups in total. The lowest BCUT2D eigenvalue weighted by Gasteiger charge is -2.30. The Morgan fingerprint density at radius 1 is 1.29 bits per heavy atom.